The predicted molar refractivity (Wildman–Crippen MR) is 161 cm³/mol. The third kappa shape index (κ3) is 13.1. The highest BCUT2D eigenvalue weighted by Gasteiger charge is 2.01. The van der Waals surface area contributed by atoms with E-state index in [9.17, 15) is 14.4 Å². The van der Waals surface area contributed by atoms with Crippen LogP contribution in [0.3, 0.4) is 0 Å². The maximum absolute atomic E-state index is 10.9. The van der Waals surface area contributed by atoms with E-state index in [0.717, 1.165) is 65.0 Å². The molecular weight excluding hydrogens is 520 g/mol. The SMILES string of the molecule is C=CC(=O)OCCCCOc1ccc(-c2ccc(/C=C/C=O)cc2)cc1.C=CC(=O)OCCc1ccc(OC)cc1. The van der Waals surface area contributed by atoms with Crippen molar-refractivity contribution in [2.75, 3.05) is 26.9 Å². The lowest BCUT2D eigenvalue weighted by atomic mass is 10.0. The lowest BCUT2D eigenvalue weighted by Gasteiger charge is -2.08. The topological polar surface area (TPSA) is 88.1 Å². The zero-order valence-electron chi connectivity index (χ0n) is 23.3. The number of methoxy groups -OCH3 is 1. The molecule has 0 aromatic heterocycles. The van der Waals surface area contributed by atoms with Crippen molar-refractivity contribution in [1.29, 1.82) is 0 Å². The van der Waals surface area contributed by atoms with Gasteiger partial charge in [-0.15, -0.1) is 0 Å². The van der Waals surface area contributed by atoms with Gasteiger partial charge in [0.15, 0.2) is 0 Å². The summed E-state index contributed by atoms with van der Waals surface area (Å²) in [7, 11) is 1.63. The molecule has 0 fully saturated rings. The molecule has 41 heavy (non-hydrogen) atoms. The van der Waals surface area contributed by atoms with Crippen LogP contribution in [0.1, 0.15) is 24.0 Å². The van der Waals surface area contributed by atoms with E-state index in [1.807, 2.05) is 72.8 Å². The molecule has 0 amide bonds. The molecule has 214 valence electrons. The second-order valence-electron chi connectivity index (χ2n) is 8.54. The van der Waals surface area contributed by atoms with E-state index in [1.165, 1.54) is 6.08 Å². The minimum atomic E-state index is -0.394. The summed E-state index contributed by atoms with van der Waals surface area (Å²) < 4.78 is 20.5. The molecule has 3 aromatic rings. The van der Waals surface area contributed by atoms with Crippen molar-refractivity contribution in [1.82, 2.24) is 0 Å². The Morgan fingerprint density at radius 1 is 0.707 bits per heavy atom. The monoisotopic (exact) mass is 556 g/mol. The van der Waals surface area contributed by atoms with Gasteiger partial charge in [0, 0.05) is 18.6 Å². The Hall–Kier alpha value is -4.91. The van der Waals surface area contributed by atoms with Gasteiger partial charge in [-0.05, 0) is 65.4 Å². The van der Waals surface area contributed by atoms with Crippen LogP contribution in [0.25, 0.3) is 17.2 Å². The first-order chi connectivity index (χ1) is 20.0. The van der Waals surface area contributed by atoms with Gasteiger partial charge in [-0.2, -0.15) is 0 Å². The highest BCUT2D eigenvalue weighted by Crippen LogP contribution is 2.23. The largest absolute Gasteiger partial charge is 0.497 e. The van der Waals surface area contributed by atoms with Gasteiger partial charge in [-0.25, -0.2) is 9.59 Å². The Bertz CT molecular complexity index is 1260. The van der Waals surface area contributed by atoms with Crippen molar-refractivity contribution in [3.8, 4) is 22.6 Å². The summed E-state index contributed by atoms with van der Waals surface area (Å²) in [5.74, 6) is 0.849. The molecule has 0 atom stereocenters. The predicted octanol–water partition coefficient (Wildman–Crippen LogP) is 6.42. The zero-order chi connectivity index (χ0) is 29.7. The van der Waals surface area contributed by atoms with Gasteiger partial charge in [0.25, 0.3) is 0 Å². The molecule has 0 spiro atoms. The van der Waals surface area contributed by atoms with Crippen molar-refractivity contribution in [3.05, 3.63) is 115 Å². The third-order valence-electron chi connectivity index (χ3n) is 5.64. The number of benzene rings is 3. The Balaban J connectivity index is 0.000000333. The molecule has 0 bridgehead atoms. The van der Waals surface area contributed by atoms with E-state index in [2.05, 4.69) is 13.2 Å². The summed E-state index contributed by atoms with van der Waals surface area (Å²) in [5.41, 5.74) is 4.29. The van der Waals surface area contributed by atoms with Crippen LogP contribution in [0.15, 0.2) is 104 Å². The molecule has 3 aromatic carbocycles. The number of allylic oxidation sites excluding steroid dienone is 1. The number of unbranched alkanes of at least 4 members (excludes halogenated alkanes) is 1. The summed E-state index contributed by atoms with van der Waals surface area (Å²) >= 11 is 0. The van der Waals surface area contributed by atoms with Crippen molar-refractivity contribution >= 4 is 24.3 Å². The van der Waals surface area contributed by atoms with Gasteiger partial charge >= 0.3 is 11.9 Å². The zero-order valence-corrected chi connectivity index (χ0v) is 23.3. The van der Waals surface area contributed by atoms with E-state index < -0.39 is 5.97 Å². The molecule has 0 aliphatic carbocycles. The molecule has 3 rings (SSSR count). The van der Waals surface area contributed by atoms with Crippen LogP contribution in [0.4, 0.5) is 0 Å². The Morgan fingerprint density at radius 2 is 1.24 bits per heavy atom. The smallest absolute Gasteiger partial charge is 0.330 e. The van der Waals surface area contributed by atoms with E-state index in [-0.39, 0.29) is 5.97 Å². The van der Waals surface area contributed by atoms with Crippen molar-refractivity contribution in [2.24, 2.45) is 0 Å². The first-order valence-corrected chi connectivity index (χ1v) is 13.2. The van der Waals surface area contributed by atoms with E-state index in [1.54, 1.807) is 13.2 Å². The number of esters is 2. The minimum absolute atomic E-state index is 0.372. The average Bonchev–Trinajstić information content (AvgIpc) is 3.02. The highest BCUT2D eigenvalue weighted by atomic mass is 16.5. The molecule has 0 heterocycles. The quantitative estimate of drug-likeness (QED) is 0.0924. The van der Waals surface area contributed by atoms with Crippen LogP contribution >= 0.6 is 0 Å². The van der Waals surface area contributed by atoms with Gasteiger partial charge in [0.2, 0.25) is 0 Å². The first kappa shape index (κ1) is 32.3. The summed E-state index contributed by atoms with van der Waals surface area (Å²) in [6.45, 7) is 7.99. The molecular formula is C34H36O7. The van der Waals surface area contributed by atoms with Crippen LogP contribution in [-0.4, -0.2) is 45.2 Å². The van der Waals surface area contributed by atoms with Gasteiger partial charge in [-0.1, -0.05) is 67.8 Å². The lowest BCUT2D eigenvalue weighted by molar-refractivity contribution is -0.138. The van der Waals surface area contributed by atoms with Crippen LogP contribution in [-0.2, 0) is 30.3 Å². The number of ether oxygens (including phenoxy) is 4. The normalized spacial score (nSPS) is 10.1. The number of hydrogen-bond acceptors (Lipinski definition) is 7. The molecule has 7 heteroatoms. The Labute approximate surface area is 241 Å². The fraction of sp³-hybridized carbons (Fsp3) is 0.206. The lowest BCUT2D eigenvalue weighted by Crippen LogP contribution is -2.04. The van der Waals surface area contributed by atoms with Crippen LogP contribution in [0.5, 0.6) is 11.5 Å². The van der Waals surface area contributed by atoms with E-state index in [4.69, 9.17) is 18.9 Å². The second kappa shape index (κ2) is 19.2. The molecule has 0 radical (unpaired) electrons. The Morgan fingerprint density at radius 3 is 1.80 bits per heavy atom. The maximum atomic E-state index is 10.9. The van der Waals surface area contributed by atoms with Gasteiger partial charge in [-0.3, -0.25) is 4.79 Å². The van der Waals surface area contributed by atoms with Gasteiger partial charge < -0.3 is 18.9 Å². The molecule has 0 N–H and O–H groups in total. The average molecular weight is 557 g/mol. The first-order valence-electron chi connectivity index (χ1n) is 13.2. The van der Waals surface area contributed by atoms with Crippen LogP contribution in [0.2, 0.25) is 0 Å². The molecule has 7 nitrogen and oxygen atoms in total. The van der Waals surface area contributed by atoms with E-state index in [0.29, 0.717) is 26.2 Å². The molecule has 0 aliphatic rings. The number of carbonyl (C=O) groups is 3. The number of carbonyl (C=O) groups excluding carboxylic acids is 3. The Kier molecular flexibility index (Phi) is 15.1. The minimum Gasteiger partial charge on any atom is -0.497 e. The molecule has 0 saturated carbocycles. The summed E-state index contributed by atoms with van der Waals surface area (Å²) in [6, 6.07) is 23.5. The summed E-state index contributed by atoms with van der Waals surface area (Å²) in [6.07, 6.45) is 8.59. The molecule has 0 aliphatic heterocycles. The van der Waals surface area contributed by atoms with Crippen LogP contribution < -0.4 is 9.47 Å². The fourth-order valence-electron chi connectivity index (χ4n) is 3.43. The molecule has 0 saturated heterocycles. The van der Waals surface area contributed by atoms with E-state index >= 15 is 0 Å². The van der Waals surface area contributed by atoms with Crippen LogP contribution in [0, 0.1) is 0 Å². The second-order valence-corrected chi connectivity index (χ2v) is 8.54. The van der Waals surface area contributed by atoms with Gasteiger partial charge in [0.1, 0.15) is 17.8 Å². The number of rotatable bonds is 15. The summed E-state index contributed by atoms with van der Waals surface area (Å²) in [4.78, 5) is 32.0. The number of aldehydes is 1. The highest BCUT2D eigenvalue weighted by molar-refractivity contribution is 5.81. The molecule has 0 unspecified atom stereocenters. The third-order valence-corrected chi connectivity index (χ3v) is 5.64. The summed E-state index contributed by atoms with van der Waals surface area (Å²) in [5, 5.41) is 0. The fourth-order valence-corrected chi connectivity index (χ4v) is 3.43. The maximum Gasteiger partial charge on any atom is 0.330 e. The van der Waals surface area contributed by atoms with Crippen molar-refractivity contribution < 1.29 is 33.3 Å². The van der Waals surface area contributed by atoms with Crippen molar-refractivity contribution in [3.63, 3.8) is 0 Å². The van der Waals surface area contributed by atoms with Gasteiger partial charge in [0.05, 0.1) is 26.9 Å². The number of hydrogen-bond donors (Lipinski definition) is 0. The standard InChI is InChI=1S/C22H22O4.C12H14O3/c1-2-22(24)26-17-4-3-16-25-21-13-11-20(12-14-21)19-9-7-18(8-10-19)6-5-15-23;1-3-12(13)15-9-8-10-4-6-11(14-2)7-5-10/h2,5-15H,1,3-4,16-17H2;3-7H,1,8-9H2,2H3/b6-5+;. The van der Waals surface area contributed by atoms with Crippen molar-refractivity contribution in [2.45, 2.75) is 19.3 Å².